The molecule has 0 aliphatic carbocycles. The molecule has 0 radical (unpaired) electrons. The van der Waals surface area contributed by atoms with Crippen molar-refractivity contribution in [2.75, 3.05) is 6.61 Å². The zero-order valence-electron chi connectivity index (χ0n) is 9.82. The Morgan fingerprint density at radius 3 is 3.18 bits per heavy atom. The van der Waals surface area contributed by atoms with Crippen LogP contribution < -0.4 is 0 Å². The lowest BCUT2D eigenvalue weighted by Crippen LogP contribution is -2.22. The SMILES string of the molecule is c1cc(COC2CCCCO2)c2[nH]ccc2c1. The second-order valence-electron chi connectivity index (χ2n) is 4.47. The highest BCUT2D eigenvalue weighted by Gasteiger charge is 2.14. The number of aromatic nitrogens is 1. The first-order chi connectivity index (χ1) is 8.43. The molecule has 0 bridgehead atoms. The number of rotatable bonds is 3. The van der Waals surface area contributed by atoms with E-state index in [2.05, 4.69) is 29.2 Å². The lowest BCUT2D eigenvalue weighted by molar-refractivity contribution is -0.168. The average molecular weight is 231 g/mol. The smallest absolute Gasteiger partial charge is 0.158 e. The summed E-state index contributed by atoms with van der Waals surface area (Å²) in [4.78, 5) is 3.26. The topological polar surface area (TPSA) is 34.2 Å². The molecule has 1 saturated heterocycles. The number of aromatic amines is 1. The summed E-state index contributed by atoms with van der Waals surface area (Å²) in [5.74, 6) is 0. The molecule has 1 N–H and O–H groups in total. The highest BCUT2D eigenvalue weighted by atomic mass is 16.7. The summed E-state index contributed by atoms with van der Waals surface area (Å²) in [5.41, 5.74) is 2.37. The average Bonchev–Trinajstić information content (AvgIpc) is 2.86. The van der Waals surface area contributed by atoms with Crippen molar-refractivity contribution < 1.29 is 9.47 Å². The van der Waals surface area contributed by atoms with Gasteiger partial charge >= 0.3 is 0 Å². The summed E-state index contributed by atoms with van der Waals surface area (Å²) < 4.78 is 11.4. The molecule has 1 aliphatic rings. The standard InChI is InChI=1S/C14H17NO2/c1-2-9-16-13(6-1)17-10-12-5-3-4-11-7-8-15-14(11)12/h3-5,7-8,13,15H,1-2,6,9-10H2. The Bertz CT molecular complexity index is 486. The van der Waals surface area contributed by atoms with E-state index in [1.54, 1.807) is 0 Å². The maximum Gasteiger partial charge on any atom is 0.158 e. The van der Waals surface area contributed by atoms with Crippen molar-refractivity contribution in [3.8, 4) is 0 Å². The second-order valence-corrected chi connectivity index (χ2v) is 4.47. The van der Waals surface area contributed by atoms with Crippen LogP contribution in [-0.4, -0.2) is 17.9 Å². The van der Waals surface area contributed by atoms with Gasteiger partial charge in [0.25, 0.3) is 0 Å². The van der Waals surface area contributed by atoms with Crippen LogP contribution in [0.2, 0.25) is 0 Å². The van der Waals surface area contributed by atoms with Gasteiger partial charge in [0.15, 0.2) is 6.29 Å². The van der Waals surface area contributed by atoms with E-state index in [1.807, 2.05) is 6.20 Å². The molecule has 3 heteroatoms. The molecule has 0 amide bonds. The minimum absolute atomic E-state index is 0.0195. The van der Waals surface area contributed by atoms with E-state index >= 15 is 0 Å². The lowest BCUT2D eigenvalue weighted by Gasteiger charge is -2.22. The fourth-order valence-electron chi connectivity index (χ4n) is 2.30. The summed E-state index contributed by atoms with van der Waals surface area (Å²) in [6.07, 6.45) is 5.32. The summed E-state index contributed by atoms with van der Waals surface area (Å²) in [5, 5.41) is 1.23. The fraction of sp³-hybridized carbons (Fsp3) is 0.429. The summed E-state index contributed by atoms with van der Waals surface area (Å²) >= 11 is 0. The Morgan fingerprint density at radius 1 is 1.29 bits per heavy atom. The van der Waals surface area contributed by atoms with Crippen LogP contribution in [0.15, 0.2) is 30.5 Å². The molecule has 1 aromatic heterocycles. The van der Waals surface area contributed by atoms with Crippen molar-refractivity contribution in [2.24, 2.45) is 0 Å². The van der Waals surface area contributed by atoms with Crippen LogP contribution >= 0.6 is 0 Å². The number of benzene rings is 1. The van der Waals surface area contributed by atoms with Gasteiger partial charge in [-0.05, 0) is 30.7 Å². The molecule has 1 fully saturated rings. The summed E-state index contributed by atoms with van der Waals surface area (Å²) in [7, 11) is 0. The van der Waals surface area contributed by atoms with Gasteiger partial charge in [0.2, 0.25) is 0 Å². The number of hydrogen-bond acceptors (Lipinski definition) is 2. The van der Waals surface area contributed by atoms with E-state index in [1.165, 1.54) is 22.9 Å². The maximum absolute atomic E-state index is 5.80. The summed E-state index contributed by atoms with van der Waals surface area (Å²) in [6.45, 7) is 1.44. The third-order valence-electron chi connectivity index (χ3n) is 3.24. The number of nitrogens with one attached hydrogen (secondary N) is 1. The van der Waals surface area contributed by atoms with Crippen molar-refractivity contribution in [1.29, 1.82) is 0 Å². The molecule has 1 aliphatic heterocycles. The van der Waals surface area contributed by atoms with Gasteiger partial charge in [-0.3, -0.25) is 0 Å². The Balaban J connectivity index is 1.69. The predicted octanol–water partition coefficient (Wildman–Crippen LogP) is 3.21. The molecule has 0 spiro atoms. The second kappa shape index (κ2) is 4.90. The van der Waals surface area contributed by atoms with Gasteiger partial charge in [0.1, 0.15) is 0 Å². The van der Waals surface area contributed by atoms with Gasteiger partial charge in [-0.1, -0.05) is 18.2 Å². The zero-order valence-corrected chi connectivity index (χ0v) is 9.82. The fourth-order valence-corrected chi connectivity index (χ4v) is 2.30. The summed E-state index contributed by atoms with van der Waals surface area (Å²) in [6, 6.07) is 8.35. The van der Waals surface area contributed by atoms with Crippen LogP contribution in [-0.2, 0) is 16.1 Å². The number of fused-ring (bicyclic) bond motifs is 1. The Labute approximate surface area is 101 Å². The van der Waals surface area contributed by atoms with Gasteiger partial charge in [-0.25, -0.2) is 0 Å². The number of hydrogen-bond donors (Lipinski definition) is 1. The molecule has 0 saturated carbocycles. The molecule has 1 aromatic carbocycles. The van der Waals surface area contributed by atoms with Crippen molar-refractivity contribution in [3.63, 3.8) is 0 Å². The van der Waals surface area contributed by atoms with Crippen molar-refractivity contribution in [1.82, 2.24) is 4.98 Å². The zero-order chi connectivity index (χ0) is 11.5. The van der Waals surface area contributed by atoms with Crippen LogP contribution in [0.25, 0.3) is 10.9 Å². The van der Waals surface area contributed by atoms with E-state index in [0.29, 0.717) is 6.61 Å². The van der Waals surface area contributed by atoms with Crippen LogP contribution in [0, 0.1) is 0 Å². The van der Waals surface area contributed by atoms with Crippen LogP contribution in [0.3, 0.4) is 0 Å². The largest absolute Gasteiger partial charge is 0.361 e. The number of ether oxygens (including phenoxy) is 2. The molecule has 90 valence electrons. The quantitative estimate of drug-likeness (QED) is 0.880. The molecule has 2 heterocycles. The Morgan fingerprint density at radius 2 is 2.29 bits per heavy atom. The number of para-hydroxylation sites is 1. The molecule has 3 nitrogen and oxygen atoms in total. The molecule has 1 atom stereocenters. The highest BCUT2D eigenvalue weighted by Crippen LogP contribution is 2.20. The van der Waals surface area contributed by atoms with Crippen LogP contribution in [0.5, 0.6) is 0 Å². The normalized spacial score (nSPS) is 20.8. The van der Waals surface area contributed by atoms with E-state index < -0.39 is 0 Å². The van der Waals surface area contributed by atoms with Crippen molar-refractivity contribution >= 4 is 10.9 Å². The first kappa shape index (κ1) is 10.8. The van der Waals surface area contributed by atoms with E-state index in [-0.39, 0.29) is 6.29 Å². The van der Waals surface area contributed by atoms with Gasteiger partial charge < -0.3 is 14.5 Å². The van der Waals surface area contributed by atoms with Gasteiger partial charge in [0, 0.05) is 18.4 Å². The third kappa shape index (κ3) is 2.35. The molecule has 1 unspecified atom stereocenters. The van der Waals surface area contributed by atoms with Crippen molar-refractivity contribution in [3.05, 3.63) is 36.0 Å². The first-order valence-corrected chi connectivity index (χ1v) is 6.22. The predicted molar refractivity (Wildman–Crippen MR) is 66.7 cm³/mol. The van der Waals surface area contributed by atoms with Gasteiger partial charge in [0.05, 0.1) is 12.1 Å². The molecular weight excluding hydrogens is 214 g/mol. The molecule has 17 heavy (non-hydrogen) atoms. The van der Waals surface area contributed by atoms with Crippen LogP contribution in [0.4, 0.5) is 0 Å². The Kier molecular flexibility index (Phi) is 3.12. The maximum atomic E-state index is 5.80. The Hall–Kier alpha value is -1.32. The van der Waals surface area contributed by atoms with E-state index in [4.69, 9.17) is 9.47 Å². The third-order valence-corrected chi connectivity index (χ3v) is 3.24. The minimum Gasteiger partial charge on any atom is -0.361 e. The molecular formula is C14H17NO2. The van der Waals surface area contributed by atoms with Crippen molar-refractivity contribution in [2.45, 2.75) is 32.2 Å². The van der Waals surface area contributed by atoms with E-state index in [9.17, 15) is 0 Å². The lowest BCUT2D eigenvalue weighted by atomic mass is 10.1. The monoisotopic (exact) mass is 231 g/mol. The number of H-pyrrole nitrogens is 1. The van der Waals surface area contributed by atoms with Gasteiger partial charge in [-0.2, -0.15) is 0 Å². The first-order valence-electron chi connectivity index (χ1n) is 6.22. The highest BCUT2D eigenvalue weighted by molar-refractivity contribution is 5.82. The molecule has 2 aromatic rings. The van der Waals surface area contributed by atoms with Gasteiger partial charge in [-0.15, -0.1) is 0 Å². The molecule has 3 rings (SSSR count). The minimum atomic E-state index is -0.0195. The van der Waals surface area contributed by atoms with E-state index in [0.717, 1.165) is 19.4 Å². The van der Waals surface area contributed by atoms with Crippen LogP contribution in [0.1, 0.15) is 24.8 Å².